The lowest BCUT2D eigenvalue weighted by Crippen LogP contribution is -2.51. The molecule has 6 heteroatoms. The van der Waals surface area contributed by atoms with E-state index in [2.05, 4.69) is 6.58 Å². The lowest BCUT2D eigenvalue weighted by atomic mass is 9.94. The van der Waals surface area contributed by atoms with Gasteiger partial charge < -0.3 is 14.7 Å². The average Bonchev–Trinajstić information content (AvgIpc) is 2.62. The van der Waals surface area contributed by atoms with Gasteiger partial charge >= 0.3 is 5.97 Å². The Bertz CT molecular complexity index is 446. The number of nitrogens with zero attached hydrogens (tertiary/aromatic N) is 1. The highest BCUT2D eigenvalue weighted by molar-refractivity contribution is 8.03. The molecule has 2 aliphatic heterocycles. The minimum Gasteiger partial charge on any atom is -0.457 e. The molecule has 1 N–H and O–H groups in total. The number of fused-ring (bicyclic) bond motifs is 1. The van der Waals surface area contributed by atoms with Gasteiger partial charge in [0.25, 0.3) is 0 Å². The summed E-state index contributed by atoms with van der Waals surface area (Å²) in [6.45, 7) is 5.65. The summed E-state index contributed by atoms with van der Waals surface area (Å²) in [6.07, 6.45) is 1.97. The highest BCUT2D eigenvalue weighted by atomic mass is 32.2. The smallest absolute Gasteiger partial charge is 0.356 e. The molecule has 19 heavy (non-hydrogen) atoms. The maximum atomic E-state index is 12.1. The molecule has 0 radical (unpaired) electrons. The van der Waals surface area contributed by atoms with Crippen LogP contribution in [0.25, 0.3) is 0 Å². The Kier molecular flexibility index (Phi) is 4.31. The summed E-state index contributed by atoms with van der Waals surface area (Å²) in [5.41, 5.74) is 0.356. The van der Waals surface area contributed by atoms with E-state index in [1.165, 1.54) is 22.7 Å². The first-order valence-corrected chi connectivity index (χ1v) is 7.18. The van der Waals surface area contributed by atoms with Gasteiger partial charge in [0.2, 0.25) is 5.91 Å². The maximum Gasteiger partial charge on any atom is 0.356 e. The van der Waals surface area contributed by atoms with Crippen molar-refractivity contribution in [2.24, 2.45) is 5.92 Å². The third kappa shape index (κ3) is 2.42. The zero-order chi connectivity index (χ0) is 14.0. The Hall–Kier alpha value is -1.27. The fraction of sp³-hybridized carbons (Fsp3) is 0.538. The Morgan fingerprint density at radius 3 is 3.00 bits per heavy atom. The summed E-state index contributed by atoms with van der Waals surface area (Å²) in [6, 6.07) is 0.0694. The summed E-state index contributed by atoms with van der Waals surface area (Å²) < 4.78 is 5.05. The quantitative estimate of drug-likeness (QED) is 0.446. The molecule has 0 aromatic heterocycles. The zero-order valence-electron chi connectivity index (χ0n) is 10.8. The third-order valence-corrected chi connectivity index (χ3v) is 4.59. The molecule has 104 valence electrons. The van der Waals surface area contributed by atoms with Crippen molar-refractivity contribution in [3.05, 3.63) is 23.3 Å². The van der Waals surface area contributed by atoms with E-state index in [0.29, 0.717) is 17.9 Å². The van der Waals surface area contributed by atoms with Crippen LogP contribution in [0.4, 0.5) is 0 Å². The first-order valence-electron chi connectivity index (χ1n) is 6.19. The molecule has 0 bridgehead atoms. The number of esters is 1. The summed E-state index contributed by atoms with van der Waals surface area (Å²) in [4.78, 5) is 26.1. The van der Waals surface area contributed by atoms with Crippen LogP contribution in [0, 0.1) is 5.92 Å². The van der Waals surface area contributed by atoms with Gasteiger partial charge in [0.05, 0.1) is 12.6 Å². The van der Waals surface area contributed by atoms with E-state index in [4.69, 9.17) is 9.84 Å². The highest BCUT2D eigenvalue weighted by Gasteiger charge is 2.52. The number of aliphatic hydroxyl groups excluding tert-OH is 1. The normalized spacial score (nSPS) is 25.2. The second-order valence-corrected chi connectivity index (χ2v) is 5.63. The maximum absolute atomic E-state index is 12.1. The number of hydrogen-bond acceptors (Lipinski definition) is 5. The number of rotatable bonds is 6. The zero-order valence-corrected chi connectivity index (χ0v) is 11.6. The number of hydrogen-bond donors (Lipinski definition) is 1. The number of ether oxygens (including phenoxy) is 1. The van der Waals surface area contributed by atoms with E-state index < -0.39 is 5.97 Å². The summed E-state index contributed by atoms with van der Waals surface area (Å²) in [5, 5.41) is 8.93. The lowest BCUT2D eigenvalue weighted by Gasteiger charge is -2.37. The number of aliphatic hydroxyl groups is 1. The molecule has 2 aliphatic rings. The van der Waals surface area contributed by atoms with E-state index in [1.807, 2.05) is 6.92 Å². The van der Waals surface area contributed by atoms with Gasteiger partial charge in [0, 0.05) is 23.0 Å². The monoisotopic (exact) mass is 283 g/mol. The van der Waals surface area contributed by atoms with Crippen LogP contribution >= 0.6 is 11.8 Å². The van der Waals surface area contributed by atoms with Crippen LogP contribution in [0.3, 0.4) is 0 Å². The number of thioether (sulfide) groups is 1. The van der Waals surface area contributed by atoms with Gasteiger partial charge in [0.1, 0.15) is 12.3 Å². The van der Waals surface area contributed by atoms with E-state index in [-0.39, 0.29) is 31.1 Å². The van der Waals surface area contributed by atoms with Crippen molar-refractivity contribution in [2.45, 2.75) is 19.4 Å². The van der Waals surface area contributed by atoms with E-state index in [1.54, 1.807) is 0 Å². The molecule has 0 aromatic rings. The van der Waals surface area contributed by atoms with Gasteiger partial charge in [-0.2, -0.15) is 0 Å². The van der Waals surface area contributed by atoms with Crippen molar-refractivity contribution in [1.82, 2.24) is 4.90 Å². The molecule has 2 rings (SSSR count). The first-order chi connectivity index (χ1) is 9.11. The van der Waals surface area contributed by atoms with Gasteiger partial charge in [-0.05, 0) is 0 Å². The second kappa shape index (κ2) is 5.79. The van der Waals surface area contributed by atoms with Gasteiger partial charge in [-0.1, -0.05) is 19.6 Å². The van der Waals surface area contributed by atoms with Crippen LogP contribution in [-0.4, -0.2) is 46.9 Å². The third-order valence-electron chi connectivity index (χ3n) is 3.32. The summed E-state index contributed by atoms with van der Waals surface area (Å²) in [7, 11) is 0. The van der Waals surface area contributed by atoms with Crippen LogP contribution in [0.2, 0.25) is 0 Å². The first kappa shape index (κ1) is 14.1. The molecule has 5 nitrogen and oxygen atoms in total. The topological polar surface area (TPSA) is 66.8 Å². The number of carbonyl (C=O) groups excluding carboxylic acids is 2. The second-order valence-electron chi connectivity index (χ2n) is 4.50. The fourth-order valence-corrected chi connectivity index (χ4v) is 3.45. The van der Waals surface area contributed by atoms with E-state index in [9.17, 15) is 9.59 Å². The number of β-lactam (4-membered cyclic amide) rings is 1. The van der Waals surface area contributed by atoms with Gasteiger partial charge in [-0.15, -0.1) is 11.8 Å². The molecule has 2 heterocycles. The summed E-state index contributed by atoms with van der Waals surface area (Å²) in [5.74, 6) is 0.109. The molecule has 1 fully saturated rings. The largest absolute Gasteiger partial charge is 0.457 e. The Morgan fingerprint density at radius 2 is 2.42 bits per heavy atom. The standard InChI is InChI=1S/C13H17NO4S/c1-3-5-18-13(17)11-12(19-6-4-15)8(2)9-7-10(16)14(9)11/h3,8-9,15H,1,4-7H2,2H3. The molecule has 1 amide bonds. The Balaban J connectivity index is 2.23. The van der Waals surface area contributed by atoms with Crippen molar-refractivity contribution in [1.29, 1.82) is 0 Å². The predicted molar refractivity (Wildman–Crippen MR) is 72.1 cm³/mol. The lowest BCUT2D eigenvalue weighted by molar-refractivity contribution is -0.150. The Morgan fingerprint density at radius 1 is 1.68 bits per heavy atom. The van der Waals surface area contributed by atoms with Crippen LogP contribution < -0.4 is 0 Å². The van der Waals surface area contributed by atoms with Gasteiger partial charge in [-0.3, -0.25) is 4.79 Å². The van der Waals surface area contributed by atoms with Crippen LogP contribution in [0.1, 0.15) is 13.3 Å². The molecule has 2 atom stereocenters. The molecule has 0 spiro atoms. The van der Waals surface area contributed by atoms with Crippen molar-refractivity contribution in [3.63, 3.8) is 0 Å². The number of amides is 1. The van der Waals surface area contributed by atoms with Crippen molar-refractivity contribution < 1.29 is 19.4 Å². The SMILES string of the molecule is C=CCOC(=O)C1=C(SCCO)C(C)C2CC(=O)N12. The van der Waals surface area contributed by atoms with Gasteiger partial charge in [-0.25, -0.2) is 4.79 Å². The van der Waals surface area contributed by atoms with Crippen LogP contribution in [0.5, 0.6) is 0 Å². The minimum atomic E-state index is -0.484. The molecule has 1 saturated heterocycles. The molecule has 2 unspecified atom stereocenters. The average molecular weight is 283 g/mol. The van der Waals surface area contributed by atoms with E-state index in [0.717, 1.165) is 4.91 Å². The molecule has 0 aliphatic carbocycles. The molecule has 0 saturated carbocycles. The van der Waals surface area contributed by atoms with E-state index >= 15 is 0 Å². The molecule has 0 aromatic carbocycles. The predicted octanol–water partition coefficient (Wildman–Crippen LogP) is 0.903. The molecular formula is C13H17NO4S. The van der Waals surface area contributed by atoms with Crippen molar-refractivity contribution >= 4 is 23.6 Å². The van der Waals surface area contributed by atoms with Gasteiger partial charge in [0.15, 0.2) is 0 Å². The highest BCUT2D eigenvalue weighted by Crippen LogP contribution is 2.47. The molecular weight excluding hydrogens is 266 g/mol. The fourth-order valence-electron chi connectivity index (χ4n) is 2.40. The van der Waals surface area contributed by atoms with Crippen LogP contribution in [0.15, 0.2) is 23.3 Å². The van der Waals surface area contributed by atoms with Crippen LogP contribution in [-0.2, 0) is 14.3 Å². The van der Waals surface area contributed by atoms with Crippen molar-refractivity contribution in [2.75, 3.05) is 19.0 Å². The summed E-state index contributed by atoms with van der Waals surface area (Å²) >= 11 is 1.42. The Labute approximate surface area is 116 Å². The minimum absolute atomic E-state index is 0.0362. The van der Waals surface area contributed by atoms with Crippen molar-refractivity contribution in [3.8, 4) is 0 Å². The number of carbonyl (C=O) groups is 2.